The summed E-state index contributed by atoms with van der Waals surface area (Å²) in [5.74, 6) is 0.0307. The first kappa shape index (κ1) is 12.6. The maximum absolute atomic E-state index is 10.8. The Morgan fingerprint density at radius 3 is 2.44 bits per heavy atom. The Hall–Kier alpha value is -1.88. The fourth-order valence-corrected chi connectivity index (χ4v) is 1.71. The van der Waals surface area contributed by atoms with Crippen molar-refractivity contribution < 1.29 is 14.6 Å². The molecule has 0 amide bonds. The summed E-state index contributed by atoms with van der Waals surface area (Å²) >= 11 is 3.33. The monoisotopic (exact) mass is 307 g/mol. The number of pyridine rings is 1. The van der Waals surface area contributed by atoms with Crippen LogP contribution in [0.15, 0.2) is 40.9 Å². The minimum atomic E-state index is -0.991. The van der Waals surface area contributed by atoms with Gasteiger partial charge in [-0.25, -0.2) is 9.78 Å². The number of carboxylic acid groups (broad SMARTS) is 1. The van der Waals surface area contributed by atoms with E-state index in [0.29, 0.717) is 17.3 Å². The number of benzene rings is 1. The molecule has 1 N–H and O–H groups in total. The maximum Gasteiger partial charge on any atom is 0.337 e. The van der Waals surface area contributed by atoms with E-state index in [1.807, 2.05) is 12.1 Å². The highest BCUT2D eigenvalue weighted by molar-refractivity contribution is 9.10. The van der Waals surface area contributed by atoms with Gasteiger partial charge in [-0.1, -0.05) is 15.9 Å². The zero-order chi connectivity index (χ0) is 13.1. The number of carboxylic acids is 1. The van der Waals surface area contributed by atoms with E-state index < -0.39 is 5.97 Å². The zero-order valence-corrected chi connectivity index (χ0v) is 11.1. The summed E-state index contributed by atoms with van der Waals surface area (Å²) in [6.07, 6.45) is 0. The second-order valence-corrected chi connectivity index (χ2v) is 4.56. The van der Waals surface area contributed by atoms with Crippen LogP contribution in [0.25, 0.3) is 0 Å². The number of aromatic carboxylic acids is 1. The number of hydrogen-bond donors (Lipinski definition) is 1. The van der Waals surface area contributed by atoms with Crippen molar-refractivity contribution in [1.82, 2.24) is 4.98 Å². The molecule has 0 saturated heterocycles. The lowest BCUT2D eigenvalue weighted by Gasteiger charge is -2.06. The molecule has 0 aliphatic rings. The molecule has 92 valence electrons. The van der Waals surface area contributed by atoms with E-state index in [-0.39, 0.29) is 5.56 Å². The molecule has 0 fully saturated rings. The number of hydrogen-bond acceptors (Lipinski definition) is 3. The standard InChI is InChI=1S/C13H10BrNO3/c1-8-11(13(16)17)6-7-12(15-8)18-10-4-2-9(14)3-5-10/h2-7H,1H3,(H,16,17). The molecule has 4 nitrogen and oxygen atoms in total. The van der Waals surface area contributed by atoms with Crippen molar-refractivity contribution in [2.24, 2.45) is 0 Å². The Labute approximate surface area is 112 Å². The summed E-state index contributed by atoms with van der Waals surface area (Å²) in [5, 5.41) is 8.89. The third kappa shape index (κ3) is 2.87. The Bertz CT molecular complexity index is 581. The van der Waals surface area contributed by atoms with Crippen molar-refractivity contribution in [3.05, 3.63) is 52.1 Å². The highest BCUT2D eigenvalue weighted by Gasteiger charge is 2.09. The first-order valence-electron chi connectivity index (χ1n) is 5.20. The fourth-order valence-electron chi connectivity index (χ4n) is 1.44. The van der Waals surface area contributed by atoms with Gasteiger partial charge in [-0.15, -0.1) is 0 Å². The number of ether oxygens (including phenoxy) is 1. The predicted molar refractivity (Wildman–Crippen MR) is 70.1 cm³/mol. The Balaban J connectivity index is 2.22. The van der Waals surface area contributed by atoms with Crippen molar-refractivity contribution in [3.63, 3.8) is 0 Å². The number of nitrogens with zero attached hydrogens (tertiary/aromatic N) is 1. The van der Waals surface area contributed by atoms with Crippen LogP contribution in [0.2, 0.25) is 0 Å². The van der Waals surface area contributed by atoms with E-state index in [4.69, 9.17) is 9.84 Å². The first-order valence-corrected chi connectivity index (χ1v) is 6.00. The molecular weight excluding hydrogens is 298 g/mol. The lowest BCUT2D eigenvalue weighted by atomic mass is 10.2. The molecule has 0 atom stereocenters. The highest BCUT2D eigenvalue weighted by Crippen LogP contribution is 2.22. The number of aryl methyl sites for hydroxylation is 1. The van der Waals surface area contributed by atoms with E-state index >= 15 is 0 Å². The molecule has 0 unspecified atom stereocenters. The van der Waals surface area contributed by atoms with Crippen molar-refractivity contribution in [3.8, 4) is 11.6 Å². The number of rotatable bonds is 3. The quantitative estimate of drug-likeness (QED) is 0.940. The Morgan fingerprint density at radius 2 is 1.89 bits per heavy atom. The Kier molecular flexibility index (Phi) is 3.62. The van der Waals surface area contributed by atoms with Gasteiger partial charge in [0, 0.05) is 10.5 Å². The van der Waals surface area contributed by atoms with Gasteiger partial charge >= 0.3 is 5.97 Å². The SMILES string of the molecule is Cc1nc(Oc2ccc(Br)cc2)ccc1C(=O)O. The molecule has 0 saturated carbocycles. The van der Waals surface area contributed by atoms with Crippen molar-refractivity contribution in [2.45, 2.75) is 6.92 Å². The number of carbonyl (C=O) groups is 1. The van der Waals surface area contributed by atoms with E-state index in [2.05, 4.69) is 20.9 Å². The summed E-state index contributed by atoms with van der Waals surface area (Å²) in [7, 11) is 0. The molecule has 1 aromatic carbocycles. The van der Waals surface area contributed by atoms with Crippen LogP contribution in [-0.4, -0.2) is 16.1 Å². The van der Waals surface area contributed by atoms with Gasteiger partial charge in [0.1, 0.15) is 5.75 Å². The van der Waals surface area contributed by atoms with Gasteiger partial charge in [-0.3, -0.25) is 0 Å². The molecule has 0 aliphatic heterocycles. The average molecular weight is 308 g/mol. The fraction of sp³-hybridized carbons (Fsp3) is 0.0769. The van der Waals surface area contributed by atoms with Crippen molar-refractivity contribution in [2.75, 3.05) is 0 Å². The minimum absolute atomic E-state index is 0.179. The molecule has 0 bridgehead atoms. The van der Waals surface area contributed by atoms with Gasteiger partial charge in [-0.05, 0) is 37.3 Å². The molecule has 1 aromatic heterocycles. The van der Waals surface area contributed by atoms with Crippen LogP contribution in [0.4, 0.5) is 0 Å². The second-order valence-electron chi connectivity index (χ2n) is 3.64. The maximum atomic E-state index is 10.8. The van der Waals surface area contributed by atoms with Crippen LogP contribution >= 0.6 is 15.9 Å². The van der Waals surface area contributed by atoms with Crippen LogP contribution in [0.1, 0.15) is 16.1 Å². The van der Waals surface area contributed by atoms with Gasteiger partial charge < -0.3 is 9.84 Å². The molecule has 18 heavy (non-hydrogen) atoms. The third-order valence-corrected chi connectivity index (χ3v) is 2.86. The molecule has 0 radical (unpaired) electrons. The van der Waals surface area contributed by atoms with Crippen LogP contribution in [-0.2, 0) is 0 Å². The van der Waals surface area contributed by atoms with Crippen molar-refractivity contribution >= 4 is 21.9 Å². The lowest BCUT2D eigenvalue weighted by molar-refractivity contribution is 0.0695. The van der Waals surface area contributed by atoms with Gasteiger partial charge in [0.25, 0.3) is 0 Å². The summed E-state index contributed by atoms with van der Waals surface area (Å²) < 4.78 is 6.48. The normalized spacial score (nSPS) is 10.1. The average Bonchev–Trinajstić information content (AvgIpc) is 2.32. The smallest absolute Gasteiger partial charge is 0.337 e. The van der Waals surface area contributed by atoms with Crippen molar-refractivity contribution in [1.29, 1.82) is 0 Å². The van der Waals surface area contributed by atoms with Crippen LogP contribution in [0.3, 0.4) is 0 Å². The molecular formula is C13H10BrNO3. The zero-order valence-electron chi connectivity index (χ0n) is 9.55. The number of aromatic nitrogens is 1. The van der Waals surface area contributed by atoms with Crippen LogP contribution in [0.5, 0.6) is 11.6 Å². The molecule has 2 rings (SSSR count). The molecule has 5 heteroatoms. The molecule has 1 heterocycles. The third-order valence-electron chi connectivity index (χ3n) is 2.33. The predicted octanol–water partition coefficient (Wildman–Crippen LogP) is 3.64. The topological polar surface area (TPSA) is 59.4 Å². The number of halogens is 1. The summed E-state index contributed by atoms with van der Waals surface area (Å²) in [5.41, 5.74) is 0.607. The first-order chi connectivity index (χ1) is 8.56. The van der Waals surface area contributed by atoms with Gasteiger partial charge in [0.2, 0.25) is 5.88 Å². The van der Waals surface area contributed by atoms with Gasteiger partial charge in [-0.2, -0.15) is 0 Å². The van der Waals surface area contributed by atoms with E-state index in [0.717, 1.165) is 4.47 Å². The summed E-state index contributed by atoms with van der Waals surface area (Å²) in [4.78, 5) is 14.9. The van der Waals surface area contributed by atoms with Gasteiger partial charge in [0.05, 0.1) is 11.3 Å². The summed E-state index contributed by atoms with van der Waals surface area (Å²) in [6.45, 7) is 1.64. The summed E-state index contributed by atoms with van der Waals surface area (Å²) in [6, 6.07) is 10.3. The molecule has 0 spiro atoms. The second kappa shape index (κ2) is 5.18. The molecule has 2 aromatic rings. The molecule has 0 aliphatic carbocycles. The Morgan fingerprint density at radius 1 is 1.22 bits per heavy atom. The van der Waals surface area contributed by atoms with E-state index in [1.165, 1.54) is 6.07 Å². The van der Waals surface area contributed by atoms with Crippen LogP contribution < -0.4 is 4.74 Å². The lowest BCUT2D eigenvalue weighted by Crippen LogP contribution is -2.02. The largest absolute Gasteiger partial charge is 0.478 e. The van der Waals surface area contributed by atoms with Crippen LogP contribution in [0, 0.1) is 6.92 Å². The van der Waals surface area contributed by atoms with Gasteiger partial charge in [0.15, 0.2) is 0 Å². The van der Waals surface area contributed by atoms with E-state index in [9.17, 15) is 4.79 Å². The minimum Gasteiger partial charge on any atom is -0.478 e. The van der Waals surface area contributed by atoms with E-state index in [1.54, 1.807) is 25.1 Å². The highest BCUT2D eigenvalue weighted by atomic mass is 79.9.